The Morgan fingerprint density at radius 3 is 2.36 bits per heavy atom. The van der Waals surface area contributed by atoms with Gasteiger partial charge in [0.15, 0.2) is 11.6 Å². The van der Waals surface area contributed by atoms with Crippen LogP contribution in [0.1, 0.15) is 17.5 Å². The smallest absolute Gasteiger partial charge is 0.325 e. The van der Waals surface area contributed by atoms with Crippen LogP contribution >= 0.6 is 11.6 Å². The van der Waals surface area contributed by atoms with Crippen LogP contribution < -0.4 is 4.90 Å². The Morgan fingerprint density at radius 2 is 1.82 bits per heavy atom. The van der Waals surface area contributed by atoms with Gasteiger partial charge in [-0.2, -0.15) is 13.2 Å². The minimum Gasteiger partial charge on any atom is -0.325 e. The lowest BCUT2D eigenvalue weighted by Crippen LogP contribution is -2.60. The zero-order chi connectivity index (χ0) is 24.6. The third-order valence-electron chi connectivity index (χ3n) is 4.98. The Labute approximate surface area is 191 Å². The molecule has 0 radical (unpaired) electrons. The molecule has 0 bridgehead atoms. The zero-order valence-electron chi connectivity index (χ0n) is 17.1. The molecule has 0 spiro atoms. The predicted octanol–water partition coefficient (Wildman–Crippen LogP) is 3.07. The number of amides is 2. The van der Waals surface area contributed by atoms with E-state index in [1.165, 1.54) is 12.1 Å². The standard InChI is InChI=1S/C20H18ClF4N3O4S/c1-33(31,32)7-6-16-19(30)28(18-15(22)8-14(21)9-26-18)11-17(29)27(16)10-12-2-4-13(5-3-12)20(23,24)25/h2-5,8-9,16H,6-7,10-11H2,1H3/t16-/m1/s1. The van der Waals surface area contributed by atoms with Crippen LogP contribution in [0.3, 0.4) is 0 Å². The highest BCUT2D eigenvalue weighted by Crippen LogP contribution is 2.30. The highest BCUT2D eigenvalue weighted by molar-refractivity contribution is 7.90. The lowest BCUT2D eigenvalue weighted by Gasteiger charge is -2.40. The van der Waals surface area contributed by atoms with Crippen LogP contribution in [0.2, 0.25) is 5.02 Å². The molecular weight excluding hydrogens is 490 g/mol. The summed E-state index contributed by atoms with van der Waals surface area (Å²) in [5.74, 6) is -3.23. The van der Waals surface area contributed by atoms with Gasteiger partial charge in [0, 0.05) is 19.0 Å². The molecule has 2 heterocycles. The Hall–Kier alpha value is -2.73. The molecule has 2 aromatic rings. The summed E-state index contributed by atoms with van der Waals surface area (Å²) < 4.78 is 76.2. The molecule has 13 heteroatoms. The first-order valence-electron chi connectivity index (χ1n) is 9.52. The summed E-state index contributed by atoms with van der Waals surface area (Å²) in [7, 11) is -3.52. The van der Waals surface area contributed by atoms with E-state index in [2.05, 4.69) is 4.98 Å². The molecule has 7 nitrogen and oxygen atoms in total. The van der Waals surface area contributed by atoms with Gasteiger partial charge in [-0.05, 0) is 30.2 Å². The van der Waals surface area contributed by atoms with E-state index in [-0.39, 0.29) is 18.0 Å². The van der Waals surface area contributed by atoms with E-state index in [0.29, 0.717) is 5.56 Å². The van der Waals surface area contributed by atoms with Crippen molar-refractivity contribution in [3.63, 3.8) is 0 Å². The van der Waals surface area contributed by atoms with E-state index in [4.69, 9.17) is 11.6 Å². The topological polar surface area (TPSA) is 87.6 Å². The van der Waals surface area contributed by atoms with Crippen LogP contribution in [0.15, 0.2) is 36.5 Å². The lowest BCUT2D eigenvalue weighted by molar-refractivity contribution is -0.144. The summed E-state index contributed by atoms with van der Waals surface area (Å²) >= 11 is 5.68. The second-order valence-corrected chi connectivity index (χ2v) is 10.2. The van der Waals surface area contributed by atoms with Crippen LogP contribution in [-0.4, -0.2) is 54.7 Å². The quantitative estimate of drug-likeness (QED) is 0.561. The van der Waals surface area contributed by atoms with E-state index in [1.807, 2.05) is 0 Å². The van der Waals surface area contributed by atoms with Gasteiger partial charge in [-0.1, -0.05) is 23.7 Å². The number of halogens is 5. The summed E-state index contributed by atoms with van der Waals surface area (Å²) in [5.41, 5.74) is -0.575. The van der Waals surface area contributed by atoms with E-state index < -0.39 is 63.4 Å². The van der Waals surface area contributed by atoms with E-state index in [9.17, 15) is 35.6 Å². The number of piperazine rings is 1. The zero-order valence-corrected chi connectivity index (χ0v) is 18.7. The van der Waals surface area contributed by atoms with Gasteiger partial charge in [0.2, 0.25) is 5.91 Å². The highest BCUT2D eigenvalue weighted by atomic mass is 35.5. The van der Waals surface area contributed by atoms with E-state index in [0.717, 1.165) is 40.5 Å². The van der Waals surface area contributed by atoms with Gasteiger partial charge in [-0.15, -0.1) is 0 Å². The van der Waals surface area contributed by atoms with Gasteiger partial charge >= 0.3 is 6.18 Å². The van der Waals surface area contributed by atoms with E-state index in [1.54, 1.807) is 0 Å². The summed E-state index contributed by atoms with van der Waals surface area (Å²) in [6.45, 7) is -0.818. The summed E-state index contributed by atoms with van der Waals surface area (Å²) in [5, 5.41) is -0.0235. The molecule has 0 N–H and O–H groups in total. The van der Waals surface area contributed by atoms with Gasteiger partial charge in [-0.25, -0.2) is 17.8 Å². The number of carbonyl (C=O) groups excluding carboxylic acids is 2. The number of carbonyl (C=O) groups is 2. The van der Waals surface area contributed by atoms with Crippen LogP contribution in [-0.2, 0) is 32.1 Å². The third-order valence-corrected chi connectivity index (χ3v) is 6.17. The molecule has 1 aromatic carbocycles. The molecular formula is C20H18ClF4N3O4S. The van der Waals surface area contributed by atoms with Gasteiger partial charge in [-0.3, -0.25) is 14.5 Å². The first kappa shape index (κ1) is 24.9. The average molecular weight is 508 g/mol. The van der Waals surface area contributed by atoms with Crippen LogP contribution in [0.4, 0.5) is 23.4 Å². The number of rotatable bonds is 6. The van der Waals surface area contributed by atoms with Crippen molar-refractivity contribution in [3.05, 3.63) is 58.5 Å². The van der Waals surface area contributed by atoms with Crippen LogP contribution in [0, 0.1) is 5.82 Å². The number of hydrogen-bond donors (Lipinski definition) is 0. The first-order chi connectivity index (χ1) is 15.3. The van der Waals surface area contributed by atoms with Gasteiger partial charge in [0.1, 0.15) is 22.4 Å². The minimum atomic E-state index is -4.54. The molecule has 1 aromatic heterocycles. The molecule has 1 atom stereocenters. The SMILES string of the molecule is CS(=O)(=O)CC[C@@H]1C(=O)N(c2ncc(Cl)cc2F)CC(=O)N1Cc1ccc(C(F)(F)F)cc1. The van der Waals surface area contributed by atoms with Crippen molar-refractivity contribution in [2.45, 2.75) is 25.2 Å². The van der Waals surface area contributed by atoms with Gasteiger partial charge < -0.3 is 4.90 Å². The summed E-state index contributed by atoms with van der Waals surface area (Å²) in [6.07, 6.45) is -2.77. The summed E-state index contributed by atoms with van der Waals surface area (Å²) in [6, 6.07) is 3.65. The van der Waals surface area contributed by atoms with Crippen molar-refractivity contribution in [2.24, 2.45) is 0 Å². The summed E-state index contributed by atoms with van der Waals surface area (Å²) in [4.78, 5) is 31.7. The molecule has 178 valence electrons. The molecule has 0 saturated carbocycles. The van der Waals surface area contributed by atoms with Crippen LogP contribution in [0.25, 0.3) is 0 Å². The molecule has 1 fully saturated rings. The maximum atomic E-state index is 14.4. The third kappa shape index (κ3) is 5.99. The molecule has 33 heavy (non-hydrogen) atoms. The average Bonchev–Trinajstić information content (AvgIpc) is 2.69. The number of benzene rings is 1. The monoisotopic (exact) mass is 507 g/mol. The van der Waals surface area contributed by atoms with Crippen molar-refractivity contribution >= 4 is 39.1 Å². The second-order valence-electron chi connectivity index (χ2n) is 7.53. The molecule has 1 saturated heterocycles. The number of hydrogen-bond acceptors (Lipinski definition) is 5. The normalized spacial score (nSPS) is 17.6. The van der Waals surface area contributed by atoms with Crippen molar-refractivity contribution in [3.8, 4) is 0 Å². The molecule has 0 aliphatic carbocycles. The fourth-order valence-electron chi connectivity index (χ4n) is 3.38. The fraction of sp³-hybridized carbons (Fsp3) is 0.350. The Bertz CT molecular complexity index is 1170. The Morgan fingerprint density at radius 1 is 1.18 bits per heavy atom. The predicted molar refractivity (Wildman–Crippen MR) is 112 cm³/mol. The Balaban J connectivity index is 1.92. The molecule has 3 rings (SSSR count). The van der Waals surface area contributed by atoms with Gasteiger partial charge in [0.05, 0.1) is 16.3 Å². The molecule has 0 unspecified atom stereocenters. The largest absolute Gasteiger partial charge is 0.416 e. The number of sulfone groups is 1. The van der Waals surface area contributed by atoms with Crippen molar-refractivity contribution in [1.82, 2.24) is 9.88 Å². The maximum absolute atomic E-state index is 14.4. The Kier molecular flexibility index (Phi) is 6.99. The minimum absolute atomic E-state index is 0.0235. The van der Waals surface area contributed by atoms with Gasteiger partial charge in [0.25, 0.3) is 5.91 Å². The van der Waals surface area contributed by atoms with Crippen LogP contribution in [0.5, 0.6) is 0 Å². The lowest BCUT2D eigenvalue weighted by atomic mass is 10.0. The number of nitrogens with zero attached hydrogens (tertiary/aromatic N) is 3. The fourth-order valence-corrected chi connectivity index (χ4v) is 4.17. The van der Waals surface area contributed by atoms with Crippen molar-refractivity contribution < 1.29 is 35.6 Å². The first-order valence-corrected chi connectivity index (χ1v) is 12.0. The highest BCUT2D eigenvalue weighted by Gasteiger charge is 2.41. The molecule has 1 aliphatic heterocycles. The second kappa shape index (κ2) is 9.26. The number of aromatic nitrogens is 1. The van der Waals surface area contributed by atoms with E-state index >= 15 is 0 Å². The number of alkyl halides is 3. The molecule has 1 aliphatic rings. The van der Waals surface area contributed by atoms with Crippen molar-refractivity contribution in [1.29, 1.82) is 0 Å². The molecule has 2 amide bonds. The number of pyridine rings is 1. The number of anilines is 1. The van der Waals surface area contributed by atoms with Crippen molar-refractivity contribution in [2.75, 3.05) is 23.5 Å². The maximum Gasteiger partial charge on any atom is 0.416 e.